The smallest absolute Gasteiger partial charge is 0.417 e. The second-order valence-electron chi connectivity index (χ2n) is 3.73. The van der Waals surface area contributed by atoms with Gasteiger partial charge in [0.05, 0.1) is 5.56 Å². The van der Waals surface area contributed by atoms with E-state index in [9.17, 15) is 22.8 Å². The molecule has 0 aliphatic heterocycles. The summed E-state index contributed by atoms with van der Waals surface area (Å²) in [7, 11) is 0. The Morgan fingerprint density at radius 2 is 1.95 bits per heavy atom. The number of carbonyl (C=O) groups is 2. The number of carboxylic acids is 1. The number of hydrogen-bond donors (Lipinski definition) is 2. The Morgan fingerprint density at radius 3 is 2.42 bits per heavy atom. The Morgan fingerprint density at radius 1 is 1.37 bits per heavy atom. The molecule has 0 radical (unpaired) electrons. The van der Waals surface area contributed by atoms with Crippen LogP contribution in [-0.4, -0.2) is 23.0 Å². The van der Waals surface area contributed by atoms with Crippen LogP contribution in [-0.2, 0) is 11.0 Å². The zero-order chi connectivity index (χ0) is 14.8. The van der Waals surface area contributed by atoms with Crippen molar-refractivity contribution in [2.45, 2.75) is 19.1 Å². The summed E-state index contributed by atoms with van der Waals surface area (Å²) in [4.78, 5) is 22.1. The maximum Gasteiger partial charge on any atom is 0.417 e. The summed E-state index contributed by atoms with van der Waals surface area (Å²) >= 11 is 2.74. The summed E-state index contributed by atoms with van der Waals surface area (Å²) in [5, 5.41) is 10.7. The van der Waals surface area contributed by atoms with Gasteiger partial charge in [-0.1, -0.05) is 15.9 Å². The van der Waals surface area contributed by atoms with E-state index in [1.54, 1.807) is 0 Å². The number of nitrogens with one attached hydrogen (secondary N) is 1. The molecule has 1 amide bonds. The molecule has 1 aromatic carbocycles. The van der Waals surface area contributed by atoms with Crippen molar-refractivity contribution in [1.29, 1.82) is 0 Å². The molecule has 1 rings (SSSR count). The quantitative estimate of drug-likeness (QED) is 0.889. The van der Waals surface area contributed by atoms with Crippen LogP contribution in [0, 0.1) is 0 Å². The van der Waals surface area contributed by atoms with Gasteiger partial charge in [-0.3, -0.25) is 9.59 Å². The zero-order valence-corrected chi connectivity index (χ0v) is 11.2. The molecule has 0 saturated carbocycles. The molecule has 1 aromatic rings. The summed E-state index contributed by atoms with van der Waals surface area (Å²) in [6.07, 6.45) is -4.60. The van der Waals surface area contributed by atoms with Gasteiger partial charge in [0, 0.05) is 10.0 Å². The van der Waals surface area contributed by atoms with E-state index >= 15 is 0 Å². The summed E-state index contributed by atoms with van der Waals surface area (Å²) in [6.45, 7) is 1.21. The standard InChI is InChI=1S/C11H9BrF3NO3/c1-5(10(18)19)16-9(17)6-2-3-8(12)7(4-6)11(13,14)15/h2-5H,1H3,(H,16,17)(H,18,19)/t5-/m0/s1. The number of aliphatic carboxylic acids is 1. The Bertz CT molecular complexity index is 516. The van der Waals surface area contributed by atoms with Crippen LogP contribution in [0.1, 0.15) is 22.8 Å². The largest absolute Gasteiger partial charge is 0.480 e. The van der Waals surface area contributed by atoms with Crippen molar-refractivity contribution in [2.75, 3.05) is 0 Å². The van der Waals surface area contributed by atoms with Gasteiger partial charge in [0.2, 0.25) is 0 Å². The van der Waals surface area contributed by atoms with Crippen LogP contribution in [0.3, 0.4) is 0 Å². The number of carboxylic acid groups (broad SMARTS) is 1. The van der Waals surface area contributed by atoms with Gasteiger partial charge in [-0.05, 0) is 25.1 Å². The van der Waals surface area contributed by atoms with Crippen molar-refractivity contribution in [3.05, 3.63) is 33.8 Å². The number of hydrogen-bond acceptors (Lipinski definition) is 2. The lowest BCUT2D eigenvalue weighted by molar-refractivity contribution is -0.139. The third kappa shape index (κ3) is 3.95. The number of amides is 1. The van der Waals surface area contributed by atoms with Gasteiger partial charge in [-0.25, -0.2) is 0 Å². The fourth-order valence-electron chi connectivity index (χ4n) is 1.23. The predicted molar refractivity (Wildman–Crippen MR) is 63.7 cm³/mol. The second kappa shape index (κ2) is 5.60. The van der Waals surface area contributed by atoms with Crippen molar-refractivity contribution < 1.29 is 27.9 Å². The molecule has 104 valence electrons. The molecule has 4 nitrogen and oxygen atoms in total. The van der Waals surface area contributed by atoms with Crippen molar-refractivity contribution in [2.24, 2.45) is 0 Å². The van der Waals surface area contributed by atoms with Gasteiger partial charge in [0.25, 0.3) is 5.91 Å². The van der Waals surface area contributed by atoms with Gasteiger partial charge in [-0.2, -0.15) is 13.2 Å². The fraction of sp³-hybridized carbons (Fsp3) is 0.273. The molecule has 8 heteroatoms. The van der Waals surface area contributed by atoms with E-state index in [1.165, 1.54) is 13.0 Å². The second-order valence-corrected chi connectivity index (χ2v) is 4.58. The Kier molecular flexibility index (Phi) is 4.56. The molecular weight excluding hydrogens is 331 g/mol. The molecule has 0 aromatic heterocycles. The van der Waals surface area contributed by atoms with Crippen LogP contribution in [0.2, 0.25) is 0 Å². The van der Waals surface area contributed by atoms with Crippen LogP contribution < -0.4 is 5.32 Å². The van der Waals surface area contributed by atoms with E-state index in [2.05, 4.69) is 21.2 Å². The SMILES string of the molecule is C[C@H](NC(=O)c1ccc(Br)c(C(F)(F)F)c1)C(=O)O. The first-order valence-corrected chi connectivity index (χ1v) is 5.82. The highest BCUT2D eigenvalue weighted by atomic mass is 79.9. The van der Waals surface area contributed by atoms with Gasteiger partial charge < -0.3 is 10.4 Å². The van der Waals surface area contributed by atoms with Gasteiger partial charge in [0.1, 0.15) is 6.04 Å². The third-order valence-electron chi connectivity index (χ3n) is 2.25. The van der Waals surface area contributed by atoms with E-state index in [4.69, 9.17) is 5.11 Å². The molecule has 0 saturated heterocycles. The third-order valence-corrected chi connectivity index (χ3v) is 2.94. The predicted octanol–water partition coefficient (Wildman–Crippen LogP) is 2.67. The summed E-state index contributed by atoms with van der Waals surface area (Å²) in [5.41, 5.74) is -1.26. The molecular formula is C11H9BrF3NO3. The van der Waals surface area contributed by atoms with Crippen molar-refractivity contribution >= 4 is 27.8 Å². The molecule has 0 unspecified atom stereocenters. The number of benzene rings is 1. The number of alkyl halides is 3. The van der Waals surface area contributed by atoms with Crippen LogP contribution in [0.5, 0.6) is 0 Å². The first-order chi connectivity index (χ1) is 8.62. The molecule has 0 aliphatic rings. The molecule has 0 fully saturated rings. The number of halogens is 4. The van der Waals surface area contributed by atoms with Crippen molar-refractivity contribution in [3.8, 4) is 0 Å². The Balaban J connectivity index is 3.03. The monoisotopic (exact) mass is 339 g/mol. The highest BCUT2D eigenvalue weighted by Crippen LogP contribution is 2.35. The van der Waals surface area contributed by atoms with E-state index in [-0.39, 0.29) is 10.0 Å². The highest BCUT2D eigenvalue weighted by molar-refractivity contribution is 9.10. The fourth-order valence-corrected chi connectivity index (χ4v) is 1.70. The number of rotatable bonds is 3. The molecule has 0 bridgehead atoms. The molecule has 2 N–H and O–H groups in total. The van der Waals surface area contributed by atoms with E-state index in [1.807, 2.05) is 0 Å². The topological polar surface area (TPSA) is 66.4 Å². The molecule has 0 aliphatic carbocycles. The average molecular weight is 340 g/mol. The Hall–Kier alpha value is -1.57. The summed E-state index contributed by atoms with van der Waals surface area (Å²) in [6, 6.07) is 1.73. The average Bonchev–Trinajstić information content (AvgIpc) is 2.27. The lowest BCUT2D eigenvalue weighted by Crippen LogP contribution is -2.38. The minimum absolute atomic E-state index is 0.192. The van der Waals surface area contributed by atoms with Crippen LogP contribution in [0.25, 0.3) is 0 Å². The maximum atomic E-state index is 12.6. The lowest BCUT2D eigenvalue weighted by atomic mass is 10.1. The lowest BCUT2D eigenvalue weighted by Gasteiger charge is -2.12. The highest BCUT2D eigenvalue weighted by Gasteiger charge is 2.33. The van der Waals surface area contributed by atoms with E-state index in [0.717, 1.165) is 6.07 Å². The molecule has 1 atom stereocenters. The number of carbonyl (C=O) groups excluding carboxylic acids is 1. The molecule has 0 heterocycles. The first kappa shape index (κ1) is 15.5. The van der Waals surface area contributed by atoms with E-state index < -0.39 is 29.7 Å². The van der Waals surface area contributed by atoms with Gasteiger partial charge >= 0.3 is 12.1 Å². The molecule has 19 heavy (non-hydrogen) atoms. The minimum atomic E-state index is -4.60. The summed E-state index contributed by atoms with van der Waals surface area (Å²) < 4.78 is 37.7. The van der Waals surface area contributed by atoms with Crippen LogP contribution >= 0.6 is 15.9 Å². The normalized spacial score (nSPS) is 12.9. The first-order valence-electron chi connectivity index (χ1n) is 5.03. The summed E-state index contributed by atoms with van der Waals surface area (Å²) in [5.74, 6) is -2.16. The minimum Gasteiger partial charge on any atom is -0.480 e. The van der Waals surface area contributed by atoms with Crippen molar-refractivity contribution in [1.82, 2.24) is 5.32 Å². The van der Waals surface area contributed by atoms with Crippen LogP contribution in [0.4, 0.5) is 13.2 Å². The van der Waals surface area contributed by atoms with Crippen molar-refractivity contribution in [3.63, 3.8) is 0 Å². The molecule has 0 spiro atoms. The van der Waals surface area contributed by atoms with Crippen LogP contribution in [0.15, 0.2) is 22.7 Å². The zero-order valence-electron chi connectivity index (χ0n) is 9.58. The Labute approximate surface area is 114 Å². The van der Waals surface area contributed by atoms with Gasteiger partial charge in [0.15, 0.2) is 0 Å². The van der Waals surface area contributed by atoms with E-state index in [0.29, 0.717) is 6.07 Å². The maximum absolute atomic E-state index is 12.6. The van der Waals surface area contributed by atoms with Gasteiger partial charge in [-0.15, -0.1) is 0 Å².